The quantitative estimate of drug-likeness (QED) is 0.163. The number of aryl methyl sites for hydroxylation is 1. The maximum Gasteiger partial charge on any atom is 0.264 e. The molecule has 1 saturated carbocycles. The minimum atomic E-state index is -3.91. The van der Waals surface area contributed by atoms with Crippen LogP contribution in [0.4, 0.5) is 0 Å². The summed E-state index contributed by atoms with van der Waals surface area (Å²) >= 11 is 1.50. The predicted octanol–water partition coefficient (Wildman–Crippen LogP) is 5.72. The van der Waals surface area contributed by atoms with Crippen molar-refractivity contribution in [1.82, 2.24) is 24.9 Å². The zero-order valence-corrected chi connectivity index (χ0v) is 33.6. The Kier molecular flexibility index (Phi) is 13.5. The van der Waals surface area contributed by atoms with E-state index in [4.69, 9.17) is 19.4 Å². The summed E-state index contributed by atoms with van der Waals surface area (Å²) in [5, 5.41) is 6.35. The summed E-state index contributed by atoms with van der Waals surface area (Å²) in [5.74, 6) is -0.871. The third-order valence-electron chi connectivity index (χ3n) is 9.91. The summed E-state index contributed by atoms with van der Waals surface area (Å²) in [6.45, 7) is 8.59. The van der Waals surface area contributed by atoms with Crippen molar-refractivity contribution in [3.05, 3.63) is 47.0 Å². The Hall–Kier alpha value is -4.37. The summed E-state index contributed by atoms with van der Waals surface area (Å²) in [6, 6.07) is 4.43. The van der Waals surface area contributed by atoms with Gasteiger partial charge in [-0.3, -0.25) is 24.1 Å². The van der Waals surface area contributed by atoms with Crippen molar-refractivity contribution in [2.75, 3.05) is 33.1 Å². The largest absolute Gasteiger partial charge is 0.496 e. The van der Waals surface area contributed by atoms with Gasteiger partial charge in [0.15, 0.2) is 0 Å². The van der Waals surface area contributed by atoms with Crippen molar-refractivity contribution < 1.29 is 32.3 Å². The molecule has 3 amide bonds. The van der Waals surface area contributed by atoms with E-state index in [1.54, 1.807) is 19.1 Å². The molecule has 1 aliphatic carbocycles. The molecule has 1 fully saturated rings. The number of amides is 3. The number of ether oxygens (including phenoxy) is 2. The van der Waals surface area contributed by atoms with Gasteiger partial charge in [0.2, 0.25) is 15.9 Å². The highest BCUT2D eigenvalue weighted by atomic mass is 32.2. The first kappa shape index (κ1) is 40.8. The molecule has 2 aliphatic rings. The predicted molar refractivity (Wildman–Crippen MR) is 212 cm³/mol. The standard InChI is InChI=1S/C39H52N6O7S2/c1-7-8-13-20-54(49,50)44-38(48)39-22-27(39)14-11-9-10-12-18-45(5)34(46)23-40-29(36(47)43-39)17-19-52-33-21-30(37-42-31(24-53-37)25(2)3)41-35-26(4)32(51-6)16-15-28(33)35/h11,14-16,21,23-25,27,29H,7-10,12-13,17-20,22H2,1-6H3,(H,43,47)(H,44,48)/b14-11-,40-23?/t27-,29+,39-/m1/s1. The van der Waals surface area contributed by atoms with Gasteiger partial charge in [0.1, 0.15) is 33.8 Å². The molecule has 15 heteroatoms. The minimum absolute atomic E-state index is 0.0204. The number of nitrogens with zero attached hydrogens (tertiary/aromatic N) is 4. The average molecular weight is 781 g/mol. The fourth-order valence-electron chi connectivity index (χ4n) is 6.40. The number of thiazole rings is 1. The number of unbranched alkanes of at least 4 members (excludes halogenated alkanes) is 2. The number of aliphatic imine (C=N–C) groups is 1. The second-order valence-corrected chi connectivity index (χ2v) is 17.1. The number of nitrogens with one attached hydrogen (secondary N) is 2. The molecule has 1 aliphatic heterocycles. The van der Waals surface area contributed by atoms with E-state index in [-0.39, 0.29) is 37.0 Å². The first-order valence-corrected chi connectivity index (χ1v) is 21.2. The van der Waals surface area contributed by atoms with Crippen molar-refractivity contribution in [3.63, 3.8) is 0 Å². The van der Waals surface area contributed by atoms with Gasteiger partial charge in [0, 0.05) is 48.3 Å². The number of fused-ring (bicyclic) bond motifs is 2. The second kappa shape index (κ2) is 17.8. The highest BCUT2D eigenvalue weighted by Crippen LogP contribution is 2.45. The van der Waals surface area contributed by atoms with Crippen molar-refractivity contribution >= 4 is 56.2 Å². The molecule has 0 unspecified atom stereocenters. The Morgan fingerprint density at radius 1 is 1.17 bits per heavy atom. The van der Waals surface area contributed by atoms with Crippen LogP contribution in [0.2, 0.25) is 0 Å². The SMILES string of the molecule is CCCCCS(=O)(=O)NC(=O)[C@@]12C[C@H]1/C=C\CCCCN(C)C(=O)C=N[C@@H](CCOc1cc(-c3nc(C(C)C)cs3)nc3c(C)c(OC)ccc13)C(=O)N2. The van der Waals surface area contributed by atoms with E-state index in [1.807, 2.05) is 49.6 Å². The van der Waals surface area contributed by atoms with Gasteiger partial charge in [0.05, 0.1) is 36.9 Å². The molecular weight excluding hydrogens is 729 g/mol. The summed E-state index contributed by atoms with van der Waals surface area (Å²) in [5.41, 5.74) is 1.65. The molecular formula is C39H52N6O7S2. The number of aromatic nitrogens is 2. The Bertz CT molecular complexity index is 2010. The lowest BCUT2D eigenvalue weighted by atomic mass is 10.1. The fraction of sp³-hybridized carbons (Fsp3) is 0.538. The van der Waals surface area contributed by atoms with Crippen LogP contribution in [0, 0.1) is 12.8 Å². The fourth-order valence-corrected chi connectivity index (χ4v) is 8.49. The van der Waals surface area contributed by atoms with E-state index in [0.29, 0.717) is 48.5 Å². The molecule has 0 saturated heterocycles. The molecule has 13 nitrogen and oxygen atoms in total. The first-order chi connectivity index (χ1) is 25.8. The normalized spacial score (nSPS) is 21.6. The third-order valence-corrected chi connectivity index (χ3v) is 12.1. The molecule has 0 radical (unpaired) electrons. The Morgan fingerprint density at radius 2 is 1.96 bits per heavy atom. The van der Waals surface area contributed by atoms with Gasteiger partial charge in [-0.05, 0) is 57.1 Å². The number of allylic oxidation sites excluding steroid dienone is 1. The molecule has 5 rings (SSSR count). The number of sulfonamides is 1. The van der Waals surface area contributed by atoms with Crippen LogP contribution in [0.3, 0.4) is 0 Å². The number of pyridine rings is 1. The van der Waals surface area contributed by atoms with Crippen molar-refractivity contribution in [3.8, 4) is 22.2 Å². The molecule has 3 heterocycles. The lowest BCUT2D eigenvalue weighted by Crippen LogP contribution is -2.54. The van der Waals surface area contributed by atoms with Crippen LogP contribution in [-0.4, -0.2) is 91.9 Å². The minimum Gasteiger partial charge on any atom is -0.496 e. The Labute approximate surface area is 322 Å². The van der Waals surface area contributed by atoms with Crippen LogP contribution in [0.15, 0.2) is 40.7 Å². The highest BCUT2D eigenvalue weighted by Gasteiger charge is 2.61. The van der Waals surface area contributed by atoms with Gasteiger partial charge in [-0.2, -0.15) is 0 Å². The molecule has 292 valence electrons. The van der Waals surface area contributed by atoms with Gasteiger partial charge in [-0.25, -0.2) is 18.4 Å². The van der Waals surface area contributed by atoms with Crippen LogP contribution in [0.5, 0.6) is 11.5 Å². The molecule has 0 bridgehead atoms. The van der Waals surface area contributed by atoms with Crippen LogP contribution < -0.4 is 19.5 Å². The number of carbonyl (C=O) groups is 3. The lowest BCUT2D eigenvalue weighted by Gasteiger charge is -2.22. The van der Waals surface area contributed by atoms with Crippen LogP contribution in [0.25, 0.3) is 21.6 Å². The van der Waals surface area contributed by atoms with Crippen LogP contribution in [0.1, 0.15) is 89.3 Å². The molecule has 54 heavy (non-hydrogen) atoms. The van der Waals surface area contributed by atoms with Gasteiger partial charge < -0.3 is 19.7 Å². The molecule has 2 N–H and O–H groups in total. The number of rotatable bonds is 13. The van der Waals surface area contributed by atoms with Gasteiger partial charge >= 0.3 is 0 Å². The first-order valence-electron chi connectivity index (χ1n) is 18.7. The average Bonchev–Trinajstić information content (AvgIpc) is 3.58. The van der Waals surface area contributed by atoms with Crippen molar-refractivity contribution in [1.29, 1.82) is 0 Å². The molecule has 0 spiro atoms. The monoisotopic (exact) mass is 780 g/mol. The van der Waals surface area contributed by atoms with E-state index in [9.17, 15) is 22.8 Å². The number of benzene rings is 1. The summed E-state index contributed by atoms with van der Waals surface area (Å²) in [4.78, 5) is 56.4. The Balaban J connectivity index is 1.43. The zero-order valence-electron chi connectivity index (χ0n) is 32.0. The van der Waals surface area contributed by atoms with E-state index in [1.165, 1.54) is 11.3 Å². The van der Waals surface area contributed by atoms with E-state index in [0.717, 1.165) is 47.1 Å². The number of carbonyl (C=O) groups excluding carboxylic acids is 3. The highest BCUT2D eigenvalue weighted by molar-refractivity contribution is 7.90. The Morgan fingerprint density at radius 3 is 2.69 bits per heavy atom. The van der Waals surface area contributed by atoms with E-state index >= 15 is 0 Å². The number of hydrogen-bond donors (Lipinski definition) is 2. The van der Waals surface area contributed by atoms with E-state index < -0.39 is 39.3 Å². The van der Waals surface area contributed by atoms with Crippen LogP contribution >= 0.6 is 11.3 Å². The zero-order chi connectivity index (χ0) is 39.0. The lowest BCUT2D eigenvalue weighted by molar-refractivity contribution is -0.130. The molecule has 3 atom stereocenters. The smallest absolute Gasteiger partial charge is 0.264 e. The van der Waals surface area contributed by atoms with Gasteiger partial charge in [-0.1, -0.05) is 45.8 Å². The summed E-state index contributed by atoms with van der Waals surface area (Å²) < 4.78 is 39.9. The maximum absolute atomic E-state index is 14.0. The second-order valence-electron chi connectivity index (χ2n) is 14.4. The third kappa shape index (κ3) is 9.83. The number of hydrogen-bond acceptors (Lipinski definition) is 11. The summed E-state index contributed by atoms with van der Waals surface area (Å²) in [7, 11) is -0.622. The summed E-state index contributed by atoms with van der Waals surface area (Å²) in [6.07, 6.45) is 9.51. The van der Waals surface area contributed by atoms with Gasteiger partial charge in [0.25, 0.3) is 11.8 Å². The number of methoxy groups -OCH3 is 1. The maximum atomic E-state index is 14.0. The van der Waals surface area contributed by atoms with Crippen LogP contribution in [-0.2, 0) is 24.4 Å². The van der Waals surface area contributed by atoms with Crippen molar-refractivity contribution in [2.24, 2.45) is 10.9 Å². The molecule has 2 aromatic heterocycles. The molecule has 1 aromatic carbocycles. The topological polar surface area (TPSA) is 169 Å². The van der Waals surface area contributed by atoms with E-state index in [2.05, 4.69) is 28.9 Å². The molecule has 3 aromatic rings. The van der Waals surface area contributed by atoms with Crippen molar-refractivity contribution in [2.45, 2.75) is 96.6 Å². The van der Waals surface area contributed by atoms with Gasteiger partial charge in [-0.15, -0.1) is 11.3 Å².